The second-order valence-electron chi connectivity index (χ2n) is 6.05. The van der Waals surface area contributed by atoms with Gasteiger partial charge in [0.1, 0.15) is 18.1 Å². The van der Waals surface area contributed by atoms with E-state index in [4.69, 9.17) is 0 Å². The molecule has 2 aromatic carbocycles. The molecule has 8 heteroatoms. The molecule has 0 aliphatic heterocycles. The Bertz CT molecular complexity index is 1080. The van der Waals surface area contributed by atoms with Gasteiger partial charge in [0.2, 0.25) is 5.91 Å². The van der Waals surface area contributed by atoms with E-state index in [0.29, 0.717) is 11.3 Å². The van der Waals surface area contributed by atoms with Gasteiger partial charge in [0.25, 0.3) is 11.5 Å². The lowest BCUT2D eigenvalue weighted by atomic mass is 10.2. The summed E-state index contributed by atoms with van der Waals surface area (Å²) in [4.78, 5) is 36.4. The van der Waals surface area contributed by atoms with Gasteiger partial charge in [-0.2, -0.15) is 5.10 Å². The van der Waals surface area contributed by atoms with Gasteiger partial charge < -0.3 is 10.6 Å². The van der Waals surface area contributed by atoms with Crippen LogP contribution in [0.1, 0.15) is 16.1 Å². The zero-order valence-electron chi connectivity index (χ0n) is 15.0. The van der Waals surface area contributed by atoms with E-state index >= 15 is 0 Å². The quantitative estimate of drug-likeness (QED) is 0.712. The summed E-state index contributed by atoms with van der Waals surface area (Å²) in [7, 11) is 0. The van der Waals surface area contributed by atoms with Crippen molar-refractivity contribution in [3.8, 4) is 0 Å². The molecule has 0 saturated heterocycles. The first-order valence-corrected chi connectivity index (χ1v) is 8.43. The van der Waals surface area contributed by atoms with E-state index < -0.39 is 29.7 Å². The summed E-state index contributed by atoms with van der Waals surface area (Å²) in [5.74, 6) is -1.54. The van der Waals surface area contributed by atoms with Crippen molar-refractivity contribution in [3.63, 3.8) is 0 Å². The Hall–Kier alpha value is -3.81. The van der Waals surface area contributed by atoms with Gasteiger partial charge in [-0.3, -0.25) is 14.4 Å². The molecule has 0 aliphatic carbocycles. The Morgan fingerprint density at radius 3 is 2.46 bits per heavy atom. The van der Waals surface area contributed by atoms with Gasteiger partial charge >= 0.3 is 0 Å². The molecule has 0 saturated carbocycles. The summed E-state index contributed by atoms with van der Waals surface area (Å²) in [5.41, 5.74) is 0.734. The van der Waals surface area contributed by atoms with Crippen molar-refractivity contribution in [2.75, 3.05) is 10.6 Å². The van der Waals surface area contributed by atoms with Crippen LogP contribution in [0.25, 0.3) is 0 Å². The number of carbonyl (C=O) groups excluding carboxylic acids is 2. The molecule has 28 heavy (non-hydrogen) atoms. The van der Waals surface area contributed by atoms with Gasteiger partial charge in [0, 0.05) is 17.4 Å². The molecule has 0 atom stereocenters. The van der Waals surface area contributed by atoms with Crippen molar-refractivity contribution in [1.29, 1.82) is 0 Å². The van der Waals surface area contributed by atoms with Crippen LogP contribution < -0.4 is 16.2 Å². The van der Waals surface area contributed by atoms with E-state index in [1.165, 1.54) is 18.2 Å². The lowest BCUT2D eigenvalue weighted by Crippen LogP contribution is -2.31. The van der Waals surface area contributed by atoms with Crippen molar-refractivity contribution >= 4 is 23.2 Å². The third-order valence-corrected chi connectivity index (χ3v) is 3.88. The summed E-state index contributed by atoms with van der Waals surface area (Å²) in [6, 6.07) is 15.5. The van der Waals surface area contributed by atoms with Crippen LogP contribution in [0.2, 0.25) is 0 Å². The fourth-order valence-electron chi connectivity index (χ4n) is 2.41. The van der Waals surface area contributed by atoms with Gasteiger partial charge in [0.15, 0.2) is 0 Å². The SMILES string of the molecule is Cc1ccc(NC(=O)Cn2nc(C(=O)Nc3ccccc3)ccc2=O)cc1F. The number of halogens is 1. The Morgan fingerprint density at radius 1 is 1.00 bits per heavy atom. The maximum atomic E-state index is 13.6. The van der Waals surface area contributed by atoms with Gasteiger partial charge in [-0.25, -0.2) is 9.07 Å². The molecular weight excluding hydrogens is 363 g/mol. The molecule has 1 heterocycles. The summed E-state index contributed by atoms with van der Waals surface area (Å²) in [5, 5.41) is 9.08. The molecule has 7 nitrogen and oxygen atoms in total. The van der Waals surface area contributed by atoms with Crippen molar-refractivity contribution in [2.24, 2.45) is 0 Å². The molecule has 2 amide bonds. The van der Waals surface area contributed by atoms with Crippen LogP contribution in [0.3, 0.4) is 0 Å². The number of hydrogen-bond donors (Lipinski definition) is 2. The molecule has 0 spiro atoms. The van der Waals surface area contributed by atoms with E-state index in [9.17, 15) is 18.8 Å². The topological polar surface area (TPSA) is 93.1 Å². The van der Waals surface area contributed by atoms with Gasteiger partial charge in [-0.1, -0.05) is 24.3 Å². The average Bonchev–Trinajstić information content (AvgIpc) is 2.67. The molecule has 0 aliphatic rings. The monoisotopic (exact) mass is 380 g/mol. The van der Waals surface area contributed by atoms with E-state index in [1.54, 1.807) is 37.3 Å². The smallest absolute Gasteiger partial charge is 0.276 e. The van der Waals surface area contributed by atoms with E-state index in [1.807, 2.05) is 6.07 Å². The van der Waals surface area contributed by atoms with Crippen LogP contribution in [0.5, 0.6) is 0 Å². The molecule has 0 unspecified atom stereocenters. The van der Waals surface area contributed by atoms with Gasteiger partial charge in [-0.05, 0) is 42.8 Å². The number of benzene rings is 2. The second-order valence-corrected chi connectivity index (χ2v) is 6.05. The molecule has 0 bridgehead atoms. The normalized spacial score (nSPS) is 10.4. The minimum atomic E-state index is -0.571. The standard InChI is InChI=1S/C20H17FN4O3/c1-13-7-8-15(11-16(13)21)22-18(26)12-25-19(27)10-9-17(24-25)20(28)23-14-5-3-2-4-6-14/h2-11H,12H2,1H3,(H,22,26)(H,23,28). The predicted octanol–water partition coefficient (Wildman–Crippen LogP) is 2.58. The van der Waals surface area contributed by atoms with Gasteiger partial charge in [0.05, 0.1) is 0 Å². The van der Waals surface area contributed by atoms with E-state index in [-0.39, 0.29) is 11.4 Å². The Balaban J connectivity index is 1.72. The van der Waals surface area contributed by atoms with Crippen molar-refractivity contribution in [1.82, 2.24) is 9.78 Å². The average molecular weight is 380 g/mol. The zero-order valence-corrected chi connectivity index (χ0v) is 15.0. The Labute approximate surface area is 159 Å². The summed E-state index contributed by atoms with van der Waals surface area (Å²) < 4.78 is 14.5. The lowest BCUT2D eigenvalue weighted by Gasteiger charge is -2.09. The first-order chi connectivity index (χ1) is 13.4. The number of hydrogen-bond acceptors (Lipinski definition) is 4. The maximum absolute atomic E-state index is 13.6. The van der Waals surface area contributed by atoms with Crippen LogP contribution in [-0.4, -0.2) is 21.6 Å². The first kappa shape index (κ1) is 19.0. The summed E-state index contributed by atoms with van der Waals surface area (Å²) in [6.45, 7) is 1.19. The summed E-state index contributed by atoms with van der Waals surface area (Å²) >= 11 is 0. The maximum Gasteiger partial charge on any atom is 0.276 e. The number of anilines is 2. The van der Waals surface area contributed by atoms with Crippen LogP contribution in [-0.2, 0) is 11.3 Å². The fraction of sp³-hybridized carbons (Fsp3) is 0.100. The highest BCUT2D eigenvalue weighted by Gasteiger charge is 2.12. The first-order valence-electron chi connectivity index (χ1n) is 8.43. The largest absolute Gasteiger partial charge is 0.324 e. The van der Waals surface area contributed by atoms with Crippen molar-refractivity contribution in [3.05, 3.63) is 88.1 Å². The number of nitrogens with one attached hydrogen (secondary N) is 2. The second kappa shape index (κ2) is 8.26. The minimum absolute atomic E-state index is 0.0161. The molecular formula is C20H17FN4O3. The minimum Gasteiger partial charge on any atom is -0.324 e. The molecule has 2 N–H and O–H groups in total. The lowest BCUT2D eigenvalue weighted by molar-refractivity contribution is -0.117. The molecule has 3 rings (SSSR count). The summed E-state index contributed by atoms with van der Waals surface area (Å²) in [6.07, 6.45) is 0. The molecule has 0 radical (unpaired) electrons. The number of para-hydroxylation sites is 1. The zero-order chi connectivity index (χ0) is 20.1. The number of aryl methyl sites for hydroxylation is 1. The third-order valence-electron chi connectivity index (χ3n) is 3.88. The van der Waals surface area contributed by atoms with E-state index in [2.05, 4.69) is 15.7 Å². The van der Waals surface area contributed by atoms with Crippen molar-refractivity contribution in [2.45, 2.75) is 13.5 Å². The number of carbonyl (C=O) groups is 2. The van der Waals surface area contributed by atoms with Crippen LogP contribution >= 0.6 is 0 Å². The molecule has 0 fully saturated rings. The number of aromatic nitrogens is 2. The van der Waals surface area contributed by atoms with Crippen LogP contribution in [0.15, 0.2) is 65.5 Å². The van der Waals surface area contributed by atoms with Crippen molar-refractivity contribution < 1.29 is 14.0 Å². The Kier molecular flexibility index (Phi) is 5.59. The highest BCUT2D eigenvalue weighted by Crippen LogP contribution is 2.13. The number of rotatable bonds is 5. The third kappa shape index (κ3) is 4.67. The highest BCUT2D eigenvalue weighted by atomic mass is 19.1. The predicted molar refractivity (Wildman–Crippen MR) is 103 cm³/mol. The highest BCUT2D eigenvalue weighted by molar-refractivity contribution is 6.02. The van der Waals surface area contributed by atoms with Crippen LogP contribution in [0.4, 0.5) is 15.8 Å². The number of amides is 2. The number of nitrogens with zero attached hydrogens (tertiary/aromatic N) is 2. The fourth-order valence-corrected chi connectivity index (χ4v) is 2.41. The van der Waals surface area contributed by atoms with Gasteiger partial charge in [-0.15, -0.1) is 0 Å². The van der Waals surface area contributed by atoms with Crippen LogP contribution in [0, 0.1) is 12.7 Å². The van der Waals surface area contributed by atoms with E-state index in [0.717, 1.165) is 10.7 Å². The Morgan fingerprint density at radius 2 is 1.75 bits per heavy atom. The molecule has 1 aromatic heterocycles. The molecule has 142 valence electrons. The molecule has 3 aromatic rings.